The van der Waals surface area contributed by atoms with Gasteiger partial charge in [0.25, 0.3) is 17.7 Å². The summed E-state index contributed by atoms with van der Waals surface area (Å²) in [5.41, 5.74) is 3.07. The molecule has 10 nitrogen and oxygen atoms in total. The number of aromatic hydroxyl groups is 1. The van der Waals surface area contributed by atoms with Crippen molar-refractivity contribution in [3.8, 4) is 17.1 Å². The topological polar surface area (TPSA) is 130 Å². The number of nitrogens with one attached hydrogen (secondary N) is 3. The summed E-state index contributed by atoms with van der Waals surface area (Å²) in [5, 5.41) is 16.9. The van der Waals surface area contributed by atoms with Gasteiger partial charge in [0.15, 0.2) is 5.88 Å². The van der Waals surface area contributed by atoms with E-state index in [-0.39, 0.29) is 46.9 Å². The van der Waals surface area contributed by atoms with Crippen molar-refractivity contribution in [2.75, 3.05) is 28.2 Å². The number of nitrogens with zero attached hydrogens (tertiary/aromatic N) is 3. The molecule has 0 bridgehead atoms. The molecule has 3 aromatic rings. The Morgan fingerprint density at radius 2 is 1.35 bits per heavy atom. The summed E-state index contributed by atoms with van der Waals surface area (Å²) in [6.07, 6.45) is 1.22. The Labute approximate surface area is 234 Å². The van der Waals surface area contributed by atoms with Gasteiger partial charge >= 0.3 is 0 Å². The molecular weight excluding hydrogens is 508 g/mol. The number of benzene rings is 2. The third-order valence-corrected chi connectivity index (χ3v) is 7.07. The Kier molecular flexibility index (Phi) is 8.51. The van der Waals surface area contributed by atoms with Gasteiger partial charge in [-0.2, -0.15) is 0 Å². The summed E-state index contributed by atoms with van der Waals surface area (Å²) in [4.78, 5) is 50.0. The van der Waals surface area contributed by atoms with Gasteiger partial charge in [-0.15, -0.1) is 0 Å². The lowest BCUT2D eigenvalue weighted by Crippen LogP contribution is -2.44. The highest BCUT2D eigenvalue weighted by molar-refractivity contribution is 6.30. The molecule has 2 aromatic carbocycles. The molecule has 3 amide bonds. The first-order valence-corrected chi connectivity index (χ1v) is 13.3. The standard InChI is InChI=1S/C30H36N6O4/c1-7-21(35(3)4)31-27(37)19-13-9-11-17(15-19)25-23-24(30(40)33-25)26(34-29(23)39)18-12-10-14-20(16-18)28(38)32-22(8-2)36(5)6/h9-16,21-22,33,40H,7-8H2,1-6H3,(H,31,37)(H,32,38). The molecule has 1 aliphatic heterocycles. The smallest absolute Gasteiger partial charge is 0.280 e. The van der Waals surface area contributed by atoms with Crippen LogP contribution in [0, 0.1) is 0 Å². The van der Waals surface area contributed by atoms with Gasteiger partial charge in [-0.1, -0.05) is 38.1 Å². The third-order valence-electron chi connectivity index (χ3n) is 7.07. The molecule has 0 radical (unpaired) electrons. The molecule has 0 aliphatic carbocycles. The first-order chi connectivity index (χ1) is 19.0. The molecule has 40 heavy (non-hydrogen) atoms. The van der Waals surface area contributed by atoms with E-state index in [9.17, 15) is 19.5 Å². The van der Waals surface area contributed by atoms with E-state index in [1.807, 2.05) is 51.8 Å². The summed E-state index contributed by atoms with van der Waals surface area (Å²) in [6, 6.07) is 13.7. The number of hydrogen-bond acceptors (Lipinski definition) is 6. The Hall–Kier alpha value is -4.28. The number of hydrogen-bond donors (Lipinski definition) is 4. The van der Waals surface area contributed by atoms with Crippen molar-refractivity contribution in [3.63, 3.8) is 0 Å². The zero-order valence-corrected chi connectivity index (χ0v) is 23.7. The maximum Gasteiger partial charge on any atom is 0.280 e. The molecule has 0 spiro atoms. The van der Waals surface area contributed by atoms with Crippen LogP contribution >= 0.6 is 0 Å². The highest BCUT2D eigenvalue weighted by Crippen LogP contribution is 2.38. The molecular formula is C30H36N6O4. The highest BCUT2D eigenvalue weighted by atomic mass is 16.3. The second-order valence-corrected chi connectivity index (χ2v) is 10.2. The number of aliphatic imine (C=N–C) groups is 1. The van der Waals surface area contributed by atoms with Crippen LogP contribution in [-0.2, 0) is 0 Å². The lowest BCUT2D eigenvalue weighted by Gasteiger charge is -2.24. The van der Waals surface area contributed by atoms with Gasteiger partial charge < -0.3 is 20.7 Å². The van der Waals surface area contributed by atoms with Gasteiger partial charge in [0.05, 0.1) is 34.9 Å². The average molecular weight is 545 g/mol. The summed E-state index contributed by atoms with van der Waals surface area (Å²) in [7, 11) is 7.58. The quantitative estimate of drug-likeness (QED) is 0.289. The predicted molar refractivity (Wildman–Crippen MR) is 155 cm³/mol. The molecule has 0 fully saturated rings. The van der Waals surface area contributed by atoms with Crippen molar-refractivity contribution in [3.05, 3.63) is 76.3 Å². The molecule has 10 heteroatoms. The SMILES string of the molecule is CCC(NC(=O)c1cccc(C2=NC(=O)c3c(-c4cccc(C(=O)NC(CC)N(C)C)c4)[nH]c(O)c32)c1)N(C)C. The molecule has 1 aromatic heterocycles. The number of H-pyrrole nitrogens is 1. The van der Waals surface area contributed by atoms with E-state index in [0.717, 1.165) is 12.8 Å². The molecule has 0 saturated carbocycles. The highest BCUT2D eigenvalue weighted by Gasteiger charge is 2.34. The molecule has 4 rings (SSSR count). The minimum Gasteiger partial charge on any atom is -0.494 e. The van der Waals surface area contributed by atoms with E-state index in [1.165, 1.54) is 0 Å². The molecule has 4 N–H and O–H groups in total. The Balaban J connectivity index is 1.65. The molecule has 0 saturated heterocycles. The molecule has 210 valence electrons. The van der Waals surface area contributed by atoms with Crippen molar-refractivity contribution >= 4 is 23.4 Å². The van der Waals surface area contributed by atoms with Crippen LogP contribution < -0.4 is 10.6 Å². The van der Waals surface area contributed by atoms with Crippen LogP contribution in [0.1, 0.15) is 68.9 Å². The lowest BCUT2D eigenvalue weighted by atomic mass is 9.98. The minimum atomic E-state index is -0.515. The van der Waals surface area contributed by atoms with Crippen LogP contribution in [0.15, 0.2) is 53.5 Å². The maximum atomic E-state index is 13.1. The van der Waals surface area contributed by atoms with Crippen LogP contribution in [0.4, 0.5) is 0 Å². The fraction of sp³-hybridized carbons (Fsp3) is 0.333. The maximum absolute atomic E-state index is 13.1. The number of aromatic amines is 1. The second-order valence-electron chi connectivity index (χ2n) is 10.2. The van der Waals surface area contributed by atoms with E-state index in [2.05, 4.69) is 20.6 Å². The monoisotopic (exact) mass is 544 g/mol. The van der Waals surface area contributed by atoms with Crippen LogP contribution in [0.2, 0.25) is 0 Å². The number of carbonyl (C=O) groups excluding carboxylic acids is 3. The summed E-state index contributed by atoms with van der Waals surface area (Å²) >= 11 is 0. The largest absolute Gasteiger partial charge is 0.494 e. The first kappa shape index (κ1) is 28.7. The zero-order chi connectivity index (χ0) is 29.1. The first-order valence-electron chi connectivity index (χ1n) is 13.3. The normalized spacial score (nSPS) is 14.2. The van der Waals surface area contributed by atoms with Crippen molar-refractivity contribution in [2.24, 2.45) is 4.99 Å². The Bertz CT molecular complexity index is 1470. The van der Waals surface area contributed by atoms with Crippen molar-refractivity contribution < 1.29 is 19.5 Å². The number of fused-ring (bicyclic) bond motifs is 1. The Morgan fingerprint density at radius 1 is 0.850 bits per heavy atom. The van der Waals surface area contributed by atoms with E-state index < -0.39 is 5.91 Å². The van der Waals surface area contributed by atoms with Crippen molar-refractivity contribution in [1.82, 2.24) is 25.4 Å². The number of carbonyl (C=O) groups is 3. The predicted octanol–water partition coefficient (Wildman–Crippen LogP) is 3.43. The summed E-state index contributed by atoms with van der Waals surface area (Å²) < 4.78 is 0. The van der Waals surface area contributed by atoms with Gasteiger partial charge in [-0.3, -0.25) is 24.2 Å². The molecule has 2 atom stereocenters. The van der Waals surface area contributed by atoms with Crippen LogP contribution in [-0.4, -0.2) is 83.8 Å². The van der Waals surface area contributed by atoms with E-state index in [4.69, 9.17) is 0 Å². The van der Waals surface area contributed by atoms with E-state index >= 15 is 0 Å². The van der Waals surface area contributed by atoms with Crippen molar-refractivity contribution in [2.45, 2.75) is 39.0 Å². The van der Waals surface area contributed by atoms with Gasteiger partial charge in [0.2, 0.25) is 0 Å². The van der Waals surface area contributed by atoms with E-state index in [1.54, 1.807) is 48.5 Å². The van der Waals surface area contributed by atoms with Crippen molar-refractivity contribution in [1.29, 1.82) is 0 Å². The third kappa shape index (κ3) is 5.68. The number of aromatic nitrogens is 1. The van der Waals surface area contributed by atoms with E-state index in [0.29, 0.717) is 27.9 Å². The molecule has 2 heterocycles. The fourth-order valence-electron chi connectivity index (χ4n) is 4.86. The van der Waals surface area contributed by atoms with Crippen LogP contribution in [0.3, 0.4) is 0 Å². The summed E-state index contributed by atoms with van der Waals surface area (Å²) in [6.45, 7) is 3.98. The average Bonchev–Trinajstić information content (AvgIpc) is 3.47. The number of amides is 3. The number of rotatable bonds is 10. The zero-order valence-electron chi connectivity index (χ0n) is 23.7. The summed E-state index contributed by atoms with van der Waals surface area (Å²) in [5.74, 6) is -1.22. The fourth-order valence-corrected chi connectivity index (χ4v) is 4.86. The Morgan fingerprint density at radius 3 is 1.85 bits per heavy atom. The van der Waals surface area contributed by atoms with Crippen LogP contribution in [0.5, 0.6) is 5.88 Å². The molecule has 1 aliphatic rings. The van der Waals surface area contributed by atoms with Gasteiger partial charge in [-0.25, -0.2) is 4.99 Å². The second kappa shape index (κ2) is 11.8. The molecule has 2 unspecified atom stereocenters. The minimum absolute atomic E-state index is 0.124. The van der Waals surface area contributed by atoms with Gasteiger partial charge in [0, 0.05) is 16.7 Å². The van der Waals surface area contributed by atoms with Crippen LogP contribution in [0.25, 0.3) is 11.3 Å². The van der Waals surface area contributed by atoms with Gasteiger partial charge in [0.1, 0.15) is 0 Å². The van der Waals surface area contributed by atoms with Gasteiger partial charge in [-0.05, 0) is 70.9 Å². The lowest BCUT2D eigenvalue weighted by molar-refractivity contribution is 0.0879.